The SMILES string of the molecule is CSC(=O)Cc1ccc(C)o1. The summed E-state index contributed by atoms with van der Waals surface area (Å²) in [6, 6.07) is 3.70. The van der Waals surface area contributed by atoms with Crippen molar-refractivity contribution >= 4 is 16.9 Å². The lowest BCUT2D eigenvalue weighted by Crippen LogP contribution is -1.93. The van der Waals surface area contributed by atoms with Crippen LogP contribution in [0, 0.1) is 6.92 Å². The molecule has 0 saturated heterocycles. The summed E-state index contributed by atoms with van der Waals surface area (Å²) >= 11 is 1.23. The largest absolute Gasteiger partial charge is 0.466 e. The van der Waals surface area contributed by atoms with E-state index in [1.165, 1.54) is 11.8 Å². The maximum absolute atomic E-state index is 10.9. The van der Waals surface area contributed by atoms with Gasteiger partial charge in [0.05, 0.1) is 6.42 Å². The summed E-state index contributed by atoms with van der Waals surface area (Å²) < 4.78 is 5.22. The molecule has 1 rings (SSSR count). The molecule has 3 heteroatoms. The van der Waals surface area contributed by atoms with Crippen LogP contribution in [0.25, 0.3) is 0 Å². The van der Waals surface area contributed by atoms with E-state index in [4.69, 9.17) is 4.42 Å². The van der Waals surface area contributed by atoms with Gasteiger partial charge >= 0.3 is 0 Å². The van der Waals surface area contributed by atoms with E-state index in [-0.39, 0.29) is 5.12 Å². The zero-order valence-electron chi connectivity index (χ0n) is 6.59. The Kier molecular flexibility index (Phi) is 2.76. The monoisotopic (exact) mass is 170 g/mol. The highest BCUT2D eigenvalue weighted by molar-refractivity contribution is 8.13. The molecule has 0 aliphatic rings. The zero-order valence-corrected chi connectivity index (χ0v) is 7.40. The quantitative estimate of drug-likeness (QED) is 0.680. The molecule has 11 heavy (non-hydrogen) atoms. The first-order valence-corrected chi connectivity index (χ1v) is 4.57. The van der Waals surface area contributed by atoms with Crippen molar-refractivity contribution in [1.29, 1.82) is 0 Å². The number of carbonyl (C=O) groups excluding carboxylic acids is 1. The number of hydrogen-bond donors (Lipinski definition) is 0. The Morgan fingerprint density at radius 2 is 2.36 bits per heavy atom. The van der Waals surface area contributed by atoms with E-state index in [0.29, 0.717) is 6.42 Å². The topological polar surface area (TPSA) is 30.2 Å². The molecular formula is C8H10O2S. The molecule has 0 N–H and O–H groups in total. The first kappa shape index (κ1) is 8.40. The second-order valence-electron chi connectivity index (χ2n) is 2.27. The summed E-state index contributed by atoms with van der Waals surface area (Å²) in [6.07, 6.45) is 2.17. The lowest BCUT2D eigenvalue weighted by Gasteiger charge is -1.91. The van der Waals surface area contributed by atoms with Crippen LogP contribution in [0.1, 0.15) is 11.5 Å². The molecule has 0 spiro atoms. The molecule has 0 atom stereocenters. The van der Waals surface area contributed by atoms with Crippen molar-refractivity contribution in [1.82, 2.24) is 0 Å². The van der Waals surface area contributed by atoms with Gasteiger partial charge < -0.3 is 4.42 Å². The summed E-state index contributed by atoms with van der Waals surface area (Å²) in [5, 5.41) is 0.138. The van der Waals surface area contributed by atoms with Crippen LogP contribution in [-0.2, 0) is 11.2 Å². The molecule has 0 aromatic carbocycles. The third-order valence-electron chi connectivity index (χ3n) is 1.34. The first-order valence-electron chi connectivity index (χ1n) is 3.34. The molecule has 1 heterocycles. The number of furan rings is 1. The van der Waals surface area contributed by atoms with Gasteiger partial charge in [0.25, 0.3) is 0 Å². The minimum atomic E-state index is 0.138. The lowest BCUT2D eigenvalue weighted by atomic mass is 10.3. The molecule has 2 nitrogen and oxygen atoms in total. The van der Waals surface area contributed by atoms with Crippen molar-refractivity contribution in [2.45, 2.75) is 13.3 Å². The fraction of sp³-hybridized carbons (Fsp3) is 0.375. The van der Waals surface area contributed by atoms with Crippen LogP contribution >= 0.6 is 11.8 Å². The van der Waals surface area contributed by atoms with Gasteiger partial charge in [-0.1, -0.05) is 11.8 Å². The second kappa shape index (κ2) is 3.62. The minimum absolute atomic E-state index is 0.138. The highest BCUT2D eigenvalue weighted by atomic mass is 32.2. The van der Waals surface area contributed by atoms with E-state index < -0.39 is 0 Å². The smallest absolute Gasteiger partial charge is 0.196 e. The maximum atomic E-state index is 10.9. The summed E-state index contributed by atoms with van der Waals surface area (Å²) in [5.41, 5.74) is 0. The van der Waals surface area contributed by atoms with Gasteiger partial charge in [-0.3, -0.25) is 4.79 Å². The highest BCUT2D eigenvalue weighted by Crippen LogP contribution is 2.09. The highest BCUT2D eigenvalue weighted by Gasteiger charge is 2.04. The number of rotatable bonds is 2. The van der Waals surface area contributed by atoms with E-state index in [2.05, 4.69) is 0 Å². The minimum Gasteiger partial charge on any atom is -0.466 e. The molecule has 0 saturated carbocycles. The van der Waals surface area contributed by atoms with E-state index in [1.54, 1.807) is 6.26 Å². The molecule has 1 aromatic heterocycles. The van der Waals surface area contributed by atoms with Crippen molar-refractivity contribution in [3.63, 3.8) is 0 Å². The van der Waals surface area contributed by atoms with Gasteiger partial charge in [0.15, 0.2) is 5.12 Å². The fourth-order valence-electron chi connectivity index (χ4n) is 0.795. The molecular weight excluding hydrogens is 160 g/mol. The van der Waals surface area contributed by atoms with Crippen LogP contribution in [0.15, 0.2) is 16.5 Å². The van der Waals surface area contributed by atoms with Crippen LogP contribution in [0.5, 0.6) is 0 Å². The molecule has 0 fully saturated rings. The molecule has 60 valence electrons. The summed E-state index contributed by atoms with van der Waals surface area (Å²) in [4.78, 5) is 10.9. The third kappa shape index (κ3) is 2.42. The van der Waals surface area contributed by atoms with Crippen molar-refractivity contribution in [3.8, 4) is 0 Å². The van der Waals surface area contributed by atoms with Crippen LogP contribution in [0.2, 0.25) is 0 Å². The van der Waals surface area contributed by atoms with Gasteiger partial charge in [-0.25, -0.2) is 0 Å². The van der Waals surface area contributed by atoms with Gasteiger partial charge in [0.2, 0.25) is 0 Å². The van der Waals surface area contributed by atoms with Gasteiger partial charge in [0.1, 0.15) is 11.5 Å². The van der Waals surface area contributed by atoms with Crippen molar-refractivity contribution in [2.75, 3.05) is 6.26 Å². The van der Waals surface area contributed by atoms with Gasteiger partial charge in [0, 0.05) is 0 Å². The van der Waals surface area contributed by atoms with Crippen molar-refractivity contribution in [2.24, 2.45) is 0 Å². The summed E-state index contributed by atoms with van der Waals surface area (Å²) in [6.45, 7) is 1.87. The average Bonchev–Trinajstić information content (AvgIpc) is 2.35. The number of carbonyl (C=O) groups is 1. The van der Waals surface area contributed by atoms with E-state index in [9.17, 15) is 4.79 Å². The van der Waals surface area contributed by atoms with Gasteiger partial charge in [-0.05, 0) is 25.3 Å². The van der Waals surface area contributed by atoms with Crippen LogP contribution in [0.3, 0.4) is 0 Å². The van der Waals surface area contributed by atoms with Crippen molar-refractivity contribution < 1.29 is 9.21 Å². The van der Waals surface area contributed by atoms with E-state index in [1.807, 2.05) is 19.1 Å². The Bertz CT molecular complexity index is 252. The maximum Gasteiger partial charge on any atom is 0.196 e. The normalized spacial score (nSPS) is 10.0. The molecule has 0 bridgehead atoms. The number of aryl methyl sites for hydroxylation is 1. The number of thioether (sulfide) groups is 1. The predicted octanol–water partition coefficient (Wildman–Crippen LogP) is 2.02. The Morgan fingerprint density at radius 3 is 2.82 bits per heavy atom. The average molecular weight is 170 g/mol. The van der Waals surface area contributed by atoms with Crippen LogP contribution in [-0.4, -0.2) is 11.4 Å². The lowest BCUT2D eigenvalue weighted by molar-refractivity contribution is -0.110. The Labute approximate surface area is 70.0 Å². The zero-order chi connectivity index (χ0) is 8.27. The Balaban J connectivity index is 2.57. The van der Waals surface area contributed by atoms with E-state index in [0.717, 1.165) is 11.5 Å². The van der Waals surface area contributed by atoms with Gasteiger partial charge in [-0.2, -0.15) is 0 Å². The Hall–Kier alpha value is -0.700. The molecule has 0 aliphatic carbocycles. The van der Waals surface area contributed by atoms with Crippen LogP contribution < -0.4 is 0 Å². The van der Waals surface area contributed by atoms with Gasteiger partial charge in [-0.15, -0.1) is 0 Å². The Morgan fingerprint density at radius 1 is 1.64 bits per heavy atom. The first-order chi connectivity index (χ1) is 5.22. The molecule has 1 aromatic rings. The van der Waals surface area contributed by atoms with Crippen molar-refractivity contribution in [3.05, 3.63) is 23.7 Å². The molecule has 0 aliphatic heterocycles. The molecule has 0 amide bonds. The van der Waals surface area contributed by atoms with E-state index >= 15 is 0 Å². The summed E-state index contributed by atoms with van der Waals surface area (Å²) in [5.74, 6) is 1.61. The predicted molar refractivity (Wildman–Crippen MR) is 45.7 cm³/mol. The fourth-order valence-corrected chi connectivity index (χ4v) is 1.08. The molecule has 0 radical (unpaired) electrons. The summed E-state index contributed by atoms with van der Waals surface area (Å²) in [7, 11) is 0. The van der Waals surface area contributed by atoms with Crippen LogP contribution in [0.4, 0.5) is 0 Å². The third-order valence-corrected chi connectivity index (χ3v) is 1.94. The number of hydrogen-bond acceptors (Lipinski definition) is 3. The molecule has 0 unspecified atom stereocenters. The standard InChI is InChI=1S/C8H10O2S/c1-6-3-4-7(10-6)5-8(9)11-2/h3-4H,5H2,1-2H3. The second-order valence-corrected chi connectivity index (χ2v) is 3.13.